The van der Waals surface area contributed by atoms with Crippen molar-refractivity contribution in [1.29, 1.82) is 0 Å². The first-order valence-electron chi connectivity index (χ1n) is 10.7. The van der Waals surface area contributed by atoms with Gasteiger partial charge in [0.1, 0.15) is 17.5 Å². The van der Waals surface area contributed by atoms with E-state index in [0.29, 0.717) is 0 Å². The van der Waals surface area contributed by atoms with E-state index in [0.717, 1.165) is 49.1 Å². The maximum Gasteiger partial charge on any atom is 0.173 e. The number of nitrogens with zero attached hydrogens (tertiary/aromatic N) is 6. The van der Waals surface area contributed by atoms with Crippen molar-refractivity contribution in [2.24, 2.45) is 0 Å². The Morgan fingerprint density at radius 2 is 1.58 bits per heavy atom. The van der Waals surface area contributed by atoms with Crippen molar-refractivity contribution < 1.29 is 9.47 Å². The van der Waals surface area contributed by atoms with E-state index in [1.165, 1.54) is 5.69 Å². The number of hydrogen-bond donors (Lipinski definition) is 0. The average Bonchev–Trinajstić information content (AvgIpc) is 3.30. The molecule has 1 aromatic heterocycles. The number of ether oxygens (including phenoxy) is 2. The molecule has 0 unspecified atom stereocenters. The van der Waals surface area contributed by atoms with Crippen LogP contribution in [0.2, 0.25) is 0 Å². The molecule has 0 bridgehead atoms. The van der Waals surface area contributed by atoms with Crippen LogP contribution in [-0.2, 0) is 0 Å². The number of tetrazole rings is 1. The van der Waals surface area contributed by atoms with Gasteiger partial charge in [-0.1, -0.05) is 18.2 Å². The monoisotopic (exact) mass is 422 g/mol. The number of methoxy groups -OCH3 is 2. The van der Waals surface area contributed by atoms with Crippen molar-refractivity contribution in [2.75, 3.05) is 45.3 Å². The van der Waals surface area contributed by atoms with Crippen molar-refractivity contribution in [3.05, 3.63) is 59.9 Å². The second-order valence-corrected chi connectivity index (χ2v) is 7.94. The van der Waals surface area contributed by atoms with Gasteiger partial charge in [0.25, 0.3) is 0 Å². The summed E-state index contributed by atoms with van der Waals surface area (Å²) in [6.45, 7) is 7.81. The van der Waals surface area contributed by atoms with Gasteiger partial charge in [0.05, 0.1) is 20.3 Å². The third-order valence-corrected chi connectivity index (χ3v) is 5.80. The van der Waals surface area contributed by atoms with Crippen molar-refractivity contribution in [3.63, 3.8) is 0 Å². The van der Waals surface area contributed by atoms with Gasteiger partial charge in [0.2, 0.25) is 0 Å². The molecule has 0 aliphatic carbocycles. The first kappa shape index (κ1) is 21.1. The molecule has 1 aliphatic heterocycles. The quantitative estimate of drug-likeness (QED) is 0.579. The van der Waals surface area contributed by atoms with Crippen LogP contribution in [0.25, 0.3) is 0 Å². The first-order chi connectivity index (χ1) is 15.1. The third kappa shape index (κ3) is 4.34. The molecule has 0 N–H and O–H groups in total. The molecule has 4 rings (SSSR count). The standard InChI is InChI=1S/C23H30N6O2/c1-17(2)29-23(24-25-26-29)22(20-7-5-6-8-21(20)31-4)28-15-13-27(14-16-28)18-9-11-19(30-3)12-10-18/h5-12,17,22H,13-16H2,1-4H3/t22-/m0/s1. The average molecular weight is 423 g/mol. The molecule has 1 aliphatic rings. The minimum absolute atomic E-state index is 0.0773. The number of benzene rings is 2. The van der Waals surface area contributed by atoms with E-state index < -0.39 is 0 Å². The van der Waals surface area contributed by atoms with E-state index in [-0.39, 0.29) is 12.1 Å². The van der Waals surface area contributed by atoms with Gasteiger partial charge in [-0.25, -0.2) is 4.68 Å². The number of hydrogen-bond acceptors (Lipinski definition) is 7. The molecule has 164 valence electrons. The Hall–Kier alpha value is -3.13. The molecule has 0 radical (unpaired) electrons. The van der Waals surface area contributed by atoms with Crippen LogP contribution in [0, 0.1) is 0 Å². The topological polar surface area (TPSA) is 68.5 Å². The van der Waals surface area contributed by atoms with E-state index in [2.05, 4.69) is 57.4 Å². The molecule has 8 nitrogen and oxygen atoms in total. The lowest BCUT2D eigenvalue weighted by atomic mass is 10.0. The van der Waals surface area contributed by atoms with Crippen molar-refractivity contribution in [2.45, 2.75) is 25.9 Å². The lowest BCUT2D eigenvalue weighted by Gasteiger charge is -2.40. The second kappa shape index (κ2) is 9.34. The molecule has 2 aromatic carbocycles. The second-order valence-electron chi connectivity index (χ2n) is 7.94. The summed E-state index contributed by atoms with van der Waals surface area (Å²) in [6, 6.07) is 16.5. The summed E-state index contributed by atoms with van der Waals surface area (Å²) in [6.07, 6.45) is 0. The fourth-order valence-electron chi connectivity index (χ4n) is 4.17. The Morgan fingerprint density at radius 1 is 0.871 bits per heavy atom. The molecule has 0 saturated carbocycles. The van der Waals surface area contributed by atoms with Gasteiger partial charge in [-0.15, -0.1) is 5.10 Å². The fraction of sp³-hybridized carbons (Fsp3) is 0.435. The third-order valence-electron chi connectivity index (χ3n) is 5.80. The van der Waals surface area contributed by atoms with Gasteiger partial charge < -0.3 is 14.4 Å². The molecule has 1 saturated heterocycles. The van der Waals surface area contributed by atoms with Crippen LogP contribution in [-0.4, -0.2) is 65.5 Å². The minimum Gasteiger partial charge on any atom is -0.497 e. The molecular formula is C23H30N6O2. The van der Waals surface area contributed by atoms with Crippen LogP contribution in [0.15, 0.2) is 48.5 Å². The maximum absolute atomic E-state index is 5.70. The smallest absolute Gasteiger partial charge is 0.173 e. The first-order valence-corrected chi connectivity index (χ1v) is 10.7. The highest BCUT2D eigenvalue weighted by atomic mass is 16.5. The van der Waals surface area contributed by atoms with Crippen molar-refractivity contribution in [3.8, 4) is 11.5 Å². The molecule has 31 heavy (non-hydrogen) atoms. The zero-order valence-corrected chi connectivity index (χ0v) is 18.6. The van der Waals surface area contributed by atoms with Gasteiger partial charge in [-0.3, -0.25) is 4.90 Å². The number of rotatable bonds is 7. The van der Waals surface area contributed by atoms with Gasteiger partial charge in [-0.2, -0.15) is 0 Å². The van der Waals surface area contributed by atoms with Crippen LogP contribution < -0.4 is 14.4 Å². The summed E-state index contributed by atoms with van der Waals surface area (Å²) in [4.78, 5) is 4.85. The highest BCUT2D eigenvalue weighted by molar-refractivity contribution is 5.49. The summed E-state index contributed by atoms with van der Waals surface area (Å²) in [5.41, 5.74) is 2.29. The van der Waals surface area contributed by atoms with Crippen molar-refractivity contribution >= 4 is 5.69 Å². The van der Waals surface area contributed by atoms with E-state index >= 15 is 0 Å². The molecule has 0 spiro atoms. The summed E-state index contributed by atoms with van der Waals surface area (Å²) in [5, 5.41) is 12.7. The number of para-hydroxylation sites is 1. The fourth-order valence-corrected chi connectivity index (χ4v) is 4.17. The van der Waals surface area contributed by atoms with Crippen LogP contribution >= 0.6 is 0 Å². The highest BCUT2D eigenvalue weighted by Crippen LogP contribution is 2.35. The summed E-state index contributed by atoms with van der Waals surface area (Å²) in [5.74, 6) is 2.57. The lowest BCUT2D eigenvalue weighted by molar-refractivity contribution is 0.195. The van der Waals surface area contributed by atoms with Crippen LogP contribution in [0.5, 0.6) is 11.5 Å². The van der Waals surface area contributed by atoms with Crippen LogP contribution in [0.3, 0.4) is 0 Å². The van der Waals surface area contributed by atoms with Gasteiger partial charge in [0.15, 0.2) is 5.82 Å². The molecule has 1 fully saturated rings. The summed E-state index contributed by atoms with van der Waals surface area (Å²) in [7, 11) is 3.40. The lowest BCUT2D eigenvalue weighted by Crippen LogP contribution is -2.48. The molecule has 8 heteroatoms. The van der Waals surface area contributed by atoms with Crippen LogP contribution in [0.1, 0.15) is 37.3 Å². The molecule has 3 aromatic rings. The van der Waals surface area contributed by atoms with Gasteiger partial charge in [0, 0.05) is 37.4 Å². The summed E-state index contributed by atoms with van der Waals surface area (Å²) < 4.78 is 12.9. The highest BCUT2D eigenvalue weighted by Gasteiger charge is 2.33. The number of anilines is 1. The maximum atomic E-state index is 5.70. The normalized spacial score (nSPS) is 15.8. The SMILES string of the molecule is COc1ccc(N2CCN([C@@H](c3ccccc3OC)c3nnnn3C(C)C)CC2)cc1. The zero-order chi connectivity index (χ0) is 21.8. The number of piperazine rings is 1. The van der Waals surface area contributed by atoms with Gasteiger partial charge >= 0.3 is 0 Å². The van der Waals surface area contributed by atoms with E-state index in [1.807, 2.05) is 35.0 Å². The van der Waals surface area contributed by atoms with E-state index in [1.54, 1.807) is 14.2 Å². The Bertz CT molecular complexity index is 980. The predicted octanol–water partition coefficient (Wildman–Crippen LogP) is 3.18. The zero-order valence-electron chi connectivity index (χ0n) is 18.6. The Kier molecular flexibility index (Phi) is 6.36. The molecule has 2 heterocycles. The molecular weight excluding hydrogens is 392 g/mol. The minimum atomic E-state index is -0.0773. The van der Waals surface area contributed by atoms with E-state index in [4.69, 9.17) is 9.47 Å². The Balaban J connectivity index is 1.61. The Labute approximate surface area is 183 Å². The largest absolute Gasteiger partial charge is 0.497 e. The van der Waals surface area contributed by atoms with Crippen molar-refractivity contribution in [1.82, 2.24) is 25.1 Å². The number of aromatic nitrogens is 4. The van der Waals surface area contributed by atoms with Gasteiger partial charge in [-0.05, 0) is 54.6 Å². The predicted molar refractivity (Wildman–Crippen MR) is 120 cm³/mol. The Morgan fingerprint density at radius 3 is 2.23 bits per heavy atom. The van der Waals surface area contributed by atoms with E-state index in [9.17, 15) is 0 Å². The summed E-state index contributed by atoms with van der Waals surface area (Å²) >= 11 is 0. The molecule has 0 amide bonds. The molecule has 1 atom stereocenters. The van der Waals surface area contributed by atoms with Crippen LogP contribution in [0.4, 0.5) is 5.69 Å².